The standard InChI is InChI=1S/C12H9ClF3N3O/c1-7(11(20)9-3-2-8(13)6-17-9)19-5-4-10(18-19)12(14,15)16/h2-7H,1H3. The van der Waals surface area contributed by atoms with Gasteiger partial charge in [0.05, 0.1) is 5.02 Å². The summed E-state index contributed by atoms with van der Waals surface area (Å²) < 4.78 is 38.3. The minimum Gasteiger partial charge on any atom is -0.290 e. The summed E-state index contributed by atoms with van der Waals surface area (Å²) >= 11 is 5.65. The highest BCUT2D eigenvalue weighted by molar-refractivity contribution is 6.30. The van der Waals surface area contributed by atoms with Crippen LogP contribution >= 0.6 is 11.6 Å². The van der Waals surface area contributed by atoms with Gasteiger partial charge in [-0.05, 0) is 25.1 Å². The lowest BCUT2D eigenvalue weighted by molar-refractivity contribution is -0.141. The molecule has 0 aliphatic heterocycles. The number of carbonyl (C=O) groups excluding carboxylic acids is 1. The first kappa shape index (κ1) is 14.5. The highest BCUT2D eigenvalue weighted by Gasteiger charge is 2.34. The van der Waals surface area contributed by atoms with Crippen LogP contribution in [0.4, 0.5) is 13.2 Å². The van der Waals surface area contributed by atoms with Crippen molar-refractivity contribution in [2.24, 2.45) is 0 Å². The average molecular weight is 304 g/mol. The number of pyridine rings is 1. The summed E-state index contributed by atoms with van der Waals surface area (Å²) in [6.07, 6.45) is -2.13. The van der Waals surface area contributed by atoms with E-state index in [9.17, 15) is 18.0 Å². The minimum atomic E-state index is -4.54. The van der Waals surface area contributed by atoms with E-state index in [1.807, 2.05) is 0 Å². The van der Waals surface area contributed by atoms with Crippen LogP contribution < -0.4 is 0 Å². The molecule has 106 valence electrons. The largest absolute Gasteiger partial charge is 0.435 e. The fourth-order valence-corrected chi connectivity index (χ4v) is 1.67. The first-order valence-electron chi connectivity index (χ1n) is 5.57. The van der Waals surface area contributed by atoms with Crippen molar-refractivity contribution in [1.29, 1.82) is 0 Å². The van der Waals surface area contributed by atoms with Gasteiger partial charge in [-0.15, -0.1) is 0 Å². The van der Waals surface area contributed by atoms with Crippen molar-refractivity contribution in [3.05, 3.63) is 47.0 Å². The van der Waals surface area contributed by atoms with E-state index in [1.165, 1.54) is 25.3 Å². The Hall–Kier alpha value is -1.89. The number of carbonyl (C=O) groups is 1. The van der Waals surface area contributed by atoms with Crippen LogP contribution in [0.3, 0.4) is 0 Å². The Kier molecular flexibility index (Phi) is 3.80. The zero-order valence-electron chi connectivity index (χ0n) is 10.2. The number of rotatable bonds is 3. The molecule has 0 fully saturated rings. The summed E-state index contributed by atoms with van der Waals surface area (Å²) in [5.74, 6) is -0.446. The molecule has 0 aromatic carbocycles. The second-order valence-electron chi connectivity index (χ2n) is 4.08. The molecule has 0 bridgehead atoms. The summed E-state index contributed by atoms with van der Waals surface area (Å²) in [6, 6.07) is 2.83. The van der Waals surface area contributed by atoms with Crippen molar-refractivity contribution in [2.45, 2.75) is 19.1 Å². The third-order valence-electron chi connectivity index (χ3n) is 2.65. The summed E-state index contributed by atoms with van der Waals surface area (Å²) in [6.45, 7) is 1.45. The Morgan fingerprint density at radius 1 is 1.35 bits per heavy atom. The quantitative estimate of drug-likeness (QED) is 0.817. The Bertz CT molecular complexity index is 622. The second-order valence-corrected chi connectivity index (χ2v) is 4.52. The van der Waals surface area contributed by atoms with Gasteiger partial charge >= 0.3 is 6.18 Å². The molecule has 2 aromatic rings. The molecule has 0 spiro atoms. The van der Waals surface area contributed by atoms with Gasteiger partial charge in [-0.3, -0.25) is 14.5 Å². The highest BCUT2D eigenvalue weighted by Crippen LogP contribution is 2.28. The fourth-order valence-electron chi connectivity index (χ4n) is 1.56. The maximum Gasteiger partial charge on any atom is 0.435 e. The Labute approximate surface area is 117 Å². The monoisotopic (exact) mass is 303 g/mol. The average Bonchev–Trinajstić information content (AvgIpc) is 2.87. The number of alkyl halides is 3. The molecule has 1 atom stereocenters. The zero-order chi connectivity index (χ0) is 14.9. The minimum absolute atomic E-state index is 0.117. The van der Waals surface area contributed by atoms with Crippen molar-refractivity contribution in [1.82, 2.24) is 14.8 Å². The molecule has 0 aliphatic rings. The number of hydrogen-bond donors (Lipinski definition) is 0. The number of nitrogens with zero attached hydrogens (tertiary/aromatic N) is 3. The van der Waals surface area contributed by atoms with Gasteiger partial charge < -0.3 is 0 Å². The Balaban J connectivity index is 2.22. The van der Waals surface area contributed by atoms with Gasteiger partial charge in [-0.2, -0.15) is 18.3 Å². The highest BCUT2D eigenvalue weighted by atomic mass is 35.5. The van der Waals surface area contributed by atoms with Gasteiger partial charge in [0.1, 0.15) is 11.7 Å². The molecule has 8 heteroatoms. The summed E-state index contributed by atoms with van der Waals surface area (Å²) in [5, 5.41) is 3.73. The Morgan fingerprint density at radius 2 is 2.05 bits per heavy atom. The maximum absolute atomic E-state index is 12.4. The van der Waals surface area contributed by atoms with Gasteiger partial charge in [0.2, 0.25) is 5.78 Å². The van der Waals surface area contributed by atoms with Gasteiger partial charge in [-0.1, -0.05) is 11.6 Å². The lowest BCUT2D eigenvalue weighted by Gasteiger charge is -2.10. The number of ketones is 1. The van der Waals surface area contributed by atoms with E-state index in [0.29, 0.717) is 5.02 Å². The smallest absolute Gasteiger partial charge is 0.290 e. The fraction of sp³-hybridized carbons (Fsp3) is 0.250. The van der Waals surface area contributed by atoms with Crippen LogP contribution in [0, 0.1) is 0 Å². The normalized spacial score (nSPS) is 13.2. The van der Waals surface area contributed by atoms with Crippen LogP contribution in [0.1, 0.15) is 29.1 Å². The molecule has 1 unspecified atom stereocenters. The van der Waals surface area contributed by atoms with Crippen LogP contribution in [0.5, 0.6) is 0 Å². The number of halogens is 4. The molecular formula is C12H9ClF3N3O. The van der Waals surface area contributed by atoms with E-state index >= 15 is 0 Å². The van der Waals surface area contributed by atoms with E-state index in [0.717, 1.165) is 16.9 Å². The molecule has 2 rings (SSSR count). The van der Waals surface area contributed by atoms with Gasteiger partial charge in [0.15, 0.2) is 5.69 Å². The lowest BCUT2D eigenvalue weighted by atomic mass is 10.1. The van der Waals surface area contributed by atoms with E-state index in [-0.39, 0.29) is 5.69 Å². The molecule has 0 saturated heterocycles. The predicted molar refractivity (Wildman–Crippen MR) is 65.5 cm³/mol. The van der Waals surface area contributed by atoms with Crippen molar-refractivity contribution in [3.63, 3.8) is 0 Å². The van der Waals surface area contributed by atoms with Crippen molar-refractivity contribution >= 4 is 17.4 Å². The van der Waals surface area contributed by atoms with Gasteiger partial charge in [0.25, 0.3) is 0 Å². The second kappa shape index (κ2) is 5.24. The van der Waals surface area contributed by atoms with Crippen molar-refractivity contribution in [2.75, 3.05) is 0 Å². The van der Waals surface area contributed by atoms with Crippen LogP contribution in [0.25, 0.3) is 0 Å². The number of Topliss-reactive ketones (excluding diaryl/α,β-unsaturated/α-hetero) is 1. The molecule has 0 radical (unpaired) electrons. The topological polar surface area (TPSA) is 47.8 Å². The molecule has 0 amide bonds. The molecule has 0 N–H and O–H groups in total. The lowest BCUT2D eigenvalue weighted by Crippen LogP contribution is -2.19. The SMILES string of the molecule is CC(C(=O)c1ccc(Cl)cn1)n1ccc(C(F)(F)F)n1. The molecule has 4 nitrogen and oxygen atoms in total. The van der Waals surface area contributed by atoms with Crippen molar-refractivity contribution in [3.8, 4) is 0 Å². The molecule has 2 heterocycles. The van der Waals surface area contributed by atoms with Crippen LogP contribution in [0.2, 0.25) is 5.02 Å². The summed E-state index contributed by atoms with van der Waals surface area (Å²) in [5.41, 5.74) is -0.924. The molecule has 20 heavy (non-hydrogen) atoms. The maximum atomic E-state index is 12.4. The van der Waals surface area contributed by atoms with Crippen LogP contribution in [-0.4, -0.2) is 20.5 Å². The summed E-state index contributed by atoms with van der Waals surface area (Å²) in [7, 11) is 0. The van der Waals surface area contributed by atoms with Crippen LogP contribution in [0.15, 0.2) is 30.6 Å². The Morgan fingerprint density at radius 3 is 2.55 bits per heavy atom. The number of aromatic nitrogens is 3. The zero-order valence-corrected chi connectivity index (χ0v) is 11.0. The van der Waals surface area contributed by atoms with Gasteiger partial charge in [0, 0.05) is 12.4 Å². The molecule has 0 aliphatic carbocycles. The molecule has 2 aromatic heterocycles. The van der Waals surface area contributed by atoms with Crippen LogP contribution in [-0.2, 0) is 6.18 Å². The third kappa shape index (κ3) is 2.98. The van der Waals surface area contributed by atoms with Crippen molar-refractivity contribution < 1.29 is 18.0 Å². The van der Waals surface area contributed by atoms with E-state index in [4.69, 9.17) is 11.6 Å². The van der Waals surface area contributed by atoms with Gasteiger partial charge in [-0.25, -0.2) is 0 Å². The molecular weight excluding hydrogens is 295 g/mol. The number of hydrogen-bond acceptors (Lipinski definition) is 3. The van der Waals surface area contributed by atoms with E-state index in [1.54, 1.807) is 0 Å². The van der Waals surface area contributed by atoms with E-state index in [2.05, 4.69) is 10.1 Å². The molecule has 0 saturated carbocycles. The third-order valence-corrected chi connectivity index (χ3v) is 2.88. The first-order valence-corrected chi connectivity index (χ1v) is 5.95. The summed E-state index contributed by atoms with van der Waals surface area (Å²) in [4.78, 5) is 15.9. The predicted octanol–water partition coefficient (Wildman–Crippen LogP) is 3.39. The van der Waals surface area contributed by atoms with E-state index < -0.39 is 23.7 Å². The first-order chi connectivity index (χ1) is 9.29.